The zero-order chi connectivity index (χ0) is 20.4. The second kappa shape index (κ2) is 7.96. The van der Waals surface area contributed by atoms with Gasteiger partial charge in [-0.3, -0.25) is 0 Å². The van der Waals surface area contributed by atoms with Gasteiger partial charge in [-0.05, 0) is 55.3 Å². The largest absolute Gasteiger partial charge is 0.494 e. The number of fused-ring (bicyclic) bond motifs is 3. The van der Waals surface area contributed by atoms with E-state index in [0.717, 1.165) is 53.7 Å². The first kappa shape index (κ1) is 19.0. The van der Waals surface area contributed by atoms with Crippen LogP contribution in [0.1, 0.15) is 18.1 Å². The minimum Gasteiger partial charge on any atom is -0.494 e. The van der Waals surface area contributed by atoms with Gasteiger partial charge < -0.3 is 24.0 Å². The van der Waals surface area contributed by atoms with Gasteiger partial charge in [-0.25, -0.2) is 0 Å². The van der Waals surface area contributed by atoms with E-state index in [-0.39, 0.29) is 0 Å². The Morgan fingerprint density at radius 2 is 1.76 bits per heavy atom. The Bertz CT molecular complexity index is 976. The Balaban J connectivity index is 1.70. The van der Waals surface area contributed by atoms with E-state index in [2.05, 4.69) is 28.0 Å². The molecule has 0 saturated carbocycles. The quantitative estimate of drug-likeness (QED) is 0.775. The summed E-state index contributed by atoms with van der Waals surface area (Å²) in [6.45, 7) is 4.79. The number of anilines is 1. The normalized spacial score (nSPS) is 15.4. The molecule has 0 bridgehead atoms. The van der Waals surface area contributed by atoms with Crippen LogP contribution < -0.4 is 19.1 Å². The van der Waals surface area contributed by atoms with E-state index in [1.807, 2.05) is 31.2 Å². The third kappa shape index (κ3) is 3.44. The van der Waals surface area contributed by atoms with Gasteiger partial charge in [-0.1, -0.05) is 0 Å². The first-order valence-electron chi connectivity index (χ1n) is 9.79. The molecule has 0 fully saturated rings. The van der Waals surface area contributed by atoms with Crippen LogP contribution in [-0.4, -0.2) is 45.5 Å². The van der Waals surface area contributed by atoms with Gasteiger partial charge >= 0.3 is 0 Å². The lowest BCUT2D eigenvalue weighted by Crippen LogP contribution is -2.45. The molecule has 2 aliphatic heterocycles. The van der Waals surface area contributed by atoms with E-state index in [0.29, 0.717) is 18.9 Å². The predicted octanol–water partition coefficient (Wildman–Crippen LogP) is 3.67. The molecule has 0 saturated heterocycles. The number of benzene rings is 2. The molecule has 150 valence electrons. The number of nitrogens with zero attached hydrogens (tertiary/aromatic N) is 3. The van der Waals surface area contributed by atoms with Crippen molar-refractivity contribution >= 4 is 11.4 Å². The summed E-state index contributed by atoms with van der Waals surface area (Å²) in [5, 5.41) is 9.92. The first-order valence-corrected chi connectivity index (χ1v) is 9.79. The molecule has 2 aromatic carbocycles. The molecule has 6 heteroatoms. The Labute approximate surface area is 171 Å². The first-order chi connectivity index (χ1) is 14.2. The molecule has 0 amide bonds. The van der Waals surface area contributed by atoms with Crippen LogP contribution >= 0.6 is 0 Å². The number of hydrogen-bond donors (Lipinski definition) is 0. The minimum absolute atomic E-state index is 0.574. The molecular weight excluding hydrogens is 366 g/mol. The van der Waals surface area contributed by atoms with Crippen LogP contribution in [0.3, 0.4) is 0 Å². The summed E-state index contributed by atoms with van der Waals surface area (Å²) in [5.41, 5.74) is 5.11. The Hall–Kier alpha value is -3.33. The van der Waals surface area contributed by atoms with Gasteiger partial charge in [0, 0.05) is 17.8 Å². The lowest BCUT2D eigenvalue weighted by molar-refractivity contribution is 0.340. The van der Waals surface area contributed by atoms with Crippen LogP contribution in [0.4, 0.5) is 5.69 Å². The van der Waals surface area contributed by atoms with Crippen molar-refractivity contribution in [3.8, 4) is 23.3 Å². The monoisotopic (exact) mass is 391 g/mol. The zero-order valence-corrected chi connectivity index (χ0v) is 17.1. The molecule has 6 nitrogen and oxygen atoms in total. The highest BCUT2D eigenvalue weighted by molar-refractivity contribution is 5.78. The number of nitriles is 1. The smallest absolute Gasteiger partial charge is 0.161 e. The van der Waals surface area contributed by atoms with Crippen molar-refractivity contribution in [3.05, 3.63) is 53.1 Å². The number of ether oxygens (including phenoxy) is 3. The number of rotatable bonds is 5. The van der Waals surface area contributed by atoms with Gasteiger partial charge in [-0.15, -0.1) is 0 Å². The standard InChI is InChI=1S/C23H25N3O3/c1-4-29-19-7-5-18(6-8-19)26-14-17(13-24)23-20-12-22(28-3)21(27-2)11-16(20)9-10-25(23)15-26/h5-8,11-12H,4,9-10,14-15H2,1-3H3. The van der Waals surface area contributed by atoms with Gasteiger partial charge in [0.05, 0.1) is 51.4 Å². The van der Waals surface area contributed by atoms with Crippen LogP contribution in [0.15, 0.2) is 42.0 Å². The van der Waals surface area contributed by atoms with Crippen LogP contribution in [0, 0.1) is 11.3 Å². The second-order valence-corrected chi connectivity index (χ2v) is 7.08. The molecule has 2 aliphatic rings. The highest BCUT2D eigenvalue weighted by Gasteiger charge is 2.31. The van der Waals surface area contributed by atoms with Crippen molar-refractivity contribution in [2.75, 3.05) is 45.5 Å². The molecule has 0 unspecified atom stereocenters. The molecular formula is C23H25N3O3. The highest BCUT2D eigenvalue weighted by Crippen LogP contribution is 2.40. The maximum Gasteiger partial charge on any atom is 0.161 e. The van der Waals surface area contributed by atoms with E-state index >= 15 is 0 Å². The van der Waals surface area contributed by atoms with Gasteiger partial charge in [0.2, 0.25) is 0 Å². The molecule has 0 atom stereocenters. The topological polar surface area (TPSA) is 58.0 Å². The van der Waals surface area contributed by atoms with Crippen LogP contribution in [-0.2, 0) is 6.42 Å². The Morgan fingerprint density at radius 3 is 2.41 bits per heavy atom. The fourth-order valence-electron chi connectivity index (χ4n) is 4.08. The van der Waals surface area contributed by atoms with Gasteiger partial charge in [-0.2, -0.15) is 5.26 Å². The Morgan fingerprint density at radius 1 is 1.03 bits per heavy atom. The molecule has 0 radical (unpaired) electrons. The lowest BCUT2D eigenvalue weighted by Gasteiger charge is -2.43. The van der Waals surface area contributed by atoms with Crippen molar-refractivity contribution < 1.29 is 14.2 Å². The summed E-state index contributed by atoms with van der Waals surface area (Å²) in [4.78, 5) is 4.51. The maximum absolute atomic E-state index is 9.92. The van der Waals surface area contributed by atoms with Crippen molar-refractivity contribution in [2.45, 2.75) is 13.3 Å². The fourth-order valence-corrected chi connectivity index (χ4v) is 4.08. The van der Waals surface area contributed by atoms with Crippen molar-refractivity contribution in [1.82, 2.24) is 4.90 Å². The third-order valence-corrected chi connectivity index (χ3v) is 5.46. The molecule has 0 spiro atoms. The Kier molecular flexibility index (Phi) is 5.22. The summed E-state index contributed by atoms with van der Waals surface area (Å²) in [5.74, 6) is 2.27. The maximum atomic E-state index is 9.92. The van der Waals surface area contributed by atoms with Gasteiger partial charge in [0.1, 0.15) is 5.75 Å². The van der Waals surface area contributed by atoms with Gasteiger partial charge in [0.25, 0.3) is 0 Å². The average molecular weight is 391 g/mol. The summed E-state index contributed by atoms with van der Waals surface area (Å²) in [6.07, 6.45) is 0.898. The average Bonchev–Trinajstić information content (AvgIpc) is 2.77. The summed E-state index contributed by atoms with van der Waals surface area (Å²) in [6, 6.07) is 14.5. The van der Waals surface area contributed by atoms with Crippen LogP contribution in [0.25, 0.3) is 5.70 Å². The summed E-state index contributed by atoms with van der Waals surface area (Å²) in [7, 11) is 3.29. The van der Waals surface area contributed by atoms with E-state index in [1.165, 1.54) is 5.56 Å². The molecule has 2 aromatic rings. The lowest BCUT2D eigenvalue weighted by atomic mass is 9.92. The second-order valence-electron chi connectivity index (χ2n) is 7.08. The van der Waals surface area contributed by atoms with Crippen LogP contribution in [0.5, 0.6) is 17.2 Å². The molecule has 4 rings (SSSR count). The van der Waals surface area contributed by atoms with E-state index in [4.69, 9.17) is 14.2 Å². The number of hydrogen-bond acceptors (Lipinski definition) is 6. The predicted molar refractivity (Wildman–Crippen MR) is 112 cm³/mol. The van der Waals surface area contributed by atoms with Gasteiger partial charge in [0.15, 0.2) is 11.5 Å². The molecule has 0 aliphatic carbocycles. The number of methoxy groups -OCH3 is 2. The van der Waals surface area contributed by atoms with Crippen LogP contribution in [0.2, 0.25) is 0 Å². The fraction of sp³-hybridized carbons (Fsp3) is 0.348. The van der Waals surface area contributed by atoms with E-state index in [1.54, 1.807) is 14.2 Å². The highest BCUT2D eigenvalue weighted by atomic mass is 16.5. The molecule has 2 heterocycles. The molecule has 0 aromatic heterocycles. The van der Waals surface area contributed by atoms with E-state index < -0.39 is 0 Å². The summed E-state index contributed by atoms with van der Waals surface area (Å²) >= 11 is 0. The zero-order valence-electron chi connectivity index (χ0n) is 17.1. The SMILES string of the molecule is CCOc1ccc(N2CC(C#N)=C3c4cc(OC)c(OC)cc4CCN3C2)cc1. The molecule has 29 heavy (non-hydrogen) atoms. The van der Waals surface area contributed by atoms with E-state index in [9.17, 15) is 5.26 Å². The van der Waals surface area contributed by atoms with Crippen molar-refractivity contribution in [1.29, 1.82) is 5.26 Å². The summed E-state index contributed by atoms with van der Waals surface area (Å²) < 4.78 is 16.5. The molecule has 0 N–H and O–H groups in total. The van der Waals surface area contributed by atoms with Crippen molar-refractivity contribution in [2.24, 2.45) is 0 Å². The minimum atomic E-state index is 0.574. The van der Waals surface area contributed by atoms with Crippen molar-refractivity contribution in [3.63, 3.8) is 0 Å². The third-order valence-electron chi connectivity index (χ3n) is 5.46.